The zero-order valence-corrected chi connectivity index (χ0v) is 14.5. The normalized spacial score (nSPS) is 20.5. The van der Waals surface area contributed by atoms with Crippen LogP contribution in [0.1, 0.15) is 105 Å². The molecule has 2 saturated carbocycles. The Labute approximate surface area is 123 Å². The molecular formula is C19H40. The molecule has 0 aliphatic heterocycles. The van der Waals surface area contributed by atoms with Gasteiger partial charge < -0.3 is 0 Å². The second kappa shape index (κ2) is 13.0. The van der Waals surface area contributed by atoms with Crippen molar-refractivity contribution in [3.8, 4) is 0 Å². The summed E-state index contributed by atoms with van der Waals surface area (Å²) in [4.78, 5) is 0. The predicted octanol–water partition coefficient (Wildman–Crippen LogP) is 7.23. The molecule has 0 heteroatoms. The highest BCUT2D eigenvalue weighted by atomic mass is 14.2. The lowest BCUT2D eigenvalue weighted by Crippen LogP contribution is -2.08. The molecular weight excluding hydrogens is 228 g/mol. The van der Waals surface area contributed by atoms with Crippen molar-refractivity contribution >= 4 is 0 Å². The monoisotopic (exact) mass is 268 g/mol. The molecule has 0 aromatic rings. The minimum absolute atomic E-state index is 0.920. The van der Waals surface area contributed by atoms with Crippen LogP contribution in [0.25, 0.3) is 0 Å². The van der Waals surface area contributed by atoms with E-state index in [1.807, 2.05) is 13.8 Å². The van der Waals surface area contributed by atoms with Crippen LogP contribution in [0.2, 0.25) is 0 Å². The van der Waals surface area contributed by atoms with Crippen LogP contribution in [-0.2, 0) is 0 Å². The van der Waals surface area contributed by atoms with E-state index >= 15 is 0 Å². The van der Waals surface area contributed by atoms with Gasteiger partial charge in [0.15, 0.2) is 0 Å². The maximum absolute atomic E-state index is 2.34. The first-order valence-corrected chi connectivity index (χ1v) is 9.22. The van der Waals surface area contributed by atoms with Crippen molar-refractivity contribution < 1.29 is 0 Å². The van der Waals surface area contributed by atoms with E-state index in [2.05, 4.69) is 20.8 Å². The van der Waals surface area contributed by atoms with Crippen molar-refractivity contribution in [3.63, 3.8) is 0 Å². The zero-order chi connectivity index (χ0) is 14.5. The van der Waals surface area contributed by atoms with Crippen molar-refractivity contribution in [2.24, 2.45) is 17.8 Å². The fourth-order valence-corrected chi connectivity index (χ4v) is 3.51. The molecule has 0 nitrogen and oxygen atoms in total. The van der Waals surface area contributed by atoms with Crippen LogP contribution in [0, 0.1) is 17.8 Å². The van der Waals surface area contributed by atoms with Crippen LogP contribution in [0.5, 0.6) is 0 Å². The molecule has 0 aromatic heterocycles. The summed E-state index contributed by atoms with van der Waals surface area (Å²) in [6, 6.07) is 0. The summed E-state index contributed by atoms with van der Waals surface area (Å²) in [6.45, 7) is 11.0. The molecule has 0 atom stereocenters. The highest BCUT2D eigenvalue weighted by Gasteiger charge is 2.13. The minimum Gasteiger partial charge on any atom is -0.0683 e. The van der Waals surface area contributed by atoms with Gasteiger partial charge in [0.25, 0.3) is 0 Å². The van der Waals surface area contributed by atoms with E-state index in [9.17, 15) is 0 Å². The number of rotatable bonds is 3. The lowest BCUT2D eigenvalue weighted by atomic mass is 9.84. The zero-order valence-electron chi connectivity index (χ0n) is 14.5. The lowest BCUT2D eigenvalue weighted by Gasteiger charge is -2.22. The first-order chi connectivity index (χ1) is 9.22. The van der Waals surface area contributed by atoms with Gasteiger partial charge >= 0.3 is 0 Å². The number of hydrogen-bond donors (Lipinski definition) is 0. The van der Waals surface area contributed by atoms with Crippen molar-refractivity contribution in [1.29, 1.82) is 0 Å². The maximum Gasteiger partial charge on any atom is -0.0412 e. The Hall–Kier alpha value is 0. The summed E-state index contributed by atoms with van der Waals surface area (Å²) in [5.74, 6) is 3.09. The van der Waals surface area contributed by atoms with Gasteiger partial charge in [-0.15, -0.1) is 0 Å². The summed E-state index contributed by atoms with van der Waals surface area (Å²) >= 11 is 0. The van der Waals surface area contributed by atoms with Gasteiger partial charge in [0.05, 0.1) is 0 Å². The standard InChI is InChI=1S/C10H20.C7H14.C2H6/c1-9(2)8-10-6-4-3-5-7-10;1-2-7-5-3-4-6-7;1-2/h9-10H,3-8H2,1-2H3;7H,2-6H2,1H3;1-2H3. The van der Waals surface area contributed by atoms with E-state index in [0.29, 0.717) is 0 Å². The highest BCUT2D eigenvalue weighted by molar-refractivity contribution is 4.66. The molecule has 0 heterocycles. The van der Waals surface area contributed by atoms with E-state index in [-0.39, 0.29) is 0 Å². The summed E-state index contributed by atoms with van der Waals surface area (Å²) in [7, 11) is 0. The van der Waals surface area contributed by atoms with E-state index in [4.69, 9.17) is 0 Å². The molecule has 0 bridgehead atoms. The summed E-state index contributed by atoms with van der Waals surface area (Å²) in [5, 5.41) is 0. The average molecular weight is 269 g/mol. The van der Waals surface area contributed by atoms with Crippen molar-refractivity contribution in [2.75, 3.05) is 0 Å². The third kappa shape index (κ3) is 10.4. The first kappa shape index (κ1) is 19.0. The summed E-state index contributed by atoms with van der Waals surface area (Å²) in [5.41, 5.74) is 0. The molecule has 0 unspecified atom stereocenters. The van der Waals surface area contributed by atoms with Crippen LogP contribution in [0.15, 0.2) is 0 Å². The smallest absolute Gasteiger partial charge is 0.0412 e. The van der Waals surface area contributed by atoms with Gasteiger partial charge in [-0.25, -0.2) is 0 Å². The average Bonchev–Trinajstić information content (AvgIpc) is 2.95. The van der Waals surface area contributed by atoms with Crippen LogP contribution in [-0.4, -0.2) is 0 Å². The maximum atomic E-state index is 2.34. The van der Waals surface area contributed by atoms with Crippen molar-refractivity contribution in [2.45, 2.75) is 105 Å². The second-order valence-corrected chi connectivity index (χ2v) is 6.69. The molecule has 19 heavy (non-hydrogen) atoms. The molecule has 2 rings (SSSR count). The Kier molecular flexibility index (Phi) is 13.0. The van der Waals surface area contributed by atoms with Crippen molar-refractivity contribution in [3.05, 3.63) is 0 Å². The molecule has 0 aromatic carbocycles. The van der Waals surface area contributed by atoms with Gasteiger partial charge in [0, 0.05) is 0 Å². The van der Waals surface area contributed by atoms with Gasteiger partial charge in [-0.2, -0.15) is 0 Å². The molecule has 2 fully saturated rings. The van der Waals surface area contributed by atoms with Crippen LogP contribution < -0.4 is 0 Å². The Morgan fingerprint density at radius 1 is 0.737 bits per heavy atom. The van der Waals surface area contributed by atoms with Crippen molar-refractivity contribution in [1.82, 2.24) is 0 Å². The van der Waals surface area contributed by atoms with E-state index in [1.165, 1.54) is 70.6 Å². The van der Waals surface area contributed by atoms with Crippen LogP contribution >= 0.6 is 0 Å². The van der Waals surface area contributed by atoms with Gasteiger partial charge in [-0.05, 0) is 24.2 Å². The van der Waals surface area contributed by atoms with E-state index < -0.39 is 0 Å². The van der Waals surface area contributed by atoms with E-state index in [0.717, 1.165) is 17.8 Å². The molecule has 116 valence electrons. The van der Waals surface area contributed by atoms with Gasteiger partial charge in [0.2, 0.25) is 0 Å². The predicted molar refractivity (Wildman–Crippen MR) is 89.6 cm³/mol. The summed E-state index contributed by atoms with van der Waals surface area (Å²) < 4.78 is 0. The molecule has 0 radical (unpaired) electrons. The second-order valence-electron chi connectivity index (χ2n) is 6.69. The lowest BCUT2D eigenvalue weighted by molar-refractivity contribution is 0.305. The Bertz CT molecular complexity index is 159. The molecule has 2 aliphatic carbocycles. The molecule has 0 N–H and O–H groups in total. The quantitative estimate of drug-likeness (QED) is 0.506. The third-order valence-electron chi connectivity index (χ3n) is 4.58. The van der Waals surface area contributed by atoms with Gasteiger partial charge in [0.1, 0.15) is 0 Å². The molecule has 0 spiro atoms. The molecule has 0 saturated heterocycles. The Morgan fingerprint density at radius 2 is 1.16 bits per heavy atom. The Balaban J connectivity index is 0.000000316. The minimum atomic E-state index is 0.920. The Morgan fingerprint density at radius 3 is 1.53 bits per heavy atom. The van der Waals surface area contributed by atoms with Crippen LogP contribution in [0.4, 0.5) is 0 Å². The third-order valence-corrected chi connectivity index (χ3v) is 4.58. The fourth-order valence-electron chi connectivity index (χ4n) is 3.51. The largest absolute Gasteiger partial charge is 0.0683 e. The molecule has 2 aliphatic rings. The van der Waals surface area contributed by atoms with Crippen LogP contribution in [0.3, 0.4) is 0 Å². The molecule has 0 amide bonds. The topological polar surface area (TPSA) is 0 Å². The first-order valence-electron chi connectivity index (χ1n) is 9.22. The van der Waals surface area contributed by atoms with E-state index in [1.54, 1.807) is 0 Å². The fraction of sp³-hybridized carbons (Fsp3) is 1.00. The highest BCUT2D eigenvalue weighted by Crippen LogP contribution is 2.28. The van der Waals surface area contributed by atoms with Gasteiger partial charge in [-0.1, -0.05) is 98.8 Å². The SMILES string of the molecule is CC.CC(C)CC1CCCCC1.CCC1CCCC1. The van der Waals surface area contributed by atoms with Gasteiger partial charge in [-0.3, -0.25) is 0 Å². The summed E-state index contributed by atoms with van der Waals surface area (Å²) in [6.07, 6.45) is 16.4. The number of hydrogen-bond acceptors (Lipinski definition) is 0.